The average molecular weight is 372 g/mol. The van der Waals surface area contributed by atoms with Crippen LogP contribution >= 0.6 is 0 Å². The fourth-order valence-corrected chi connectivity index (χ4v) is 3.99. The molecule has 2 aromatic rings. The van der Waals surface area contributed by atoms with Crippen molar-refractivity contribution in [3.63, 3.8) is 0 Å². The summed E-state index contributed by atoms with van der Waals surface area (Å²) in [6, 6.07) is 5.74. The van der Waals surface area contributed by atoms with Gasteiger partial charge in [0.1, 0.15) is 0 Å². The van der Waals surface area contributed by atoms with Crippen LogP contribution in [-0.4, -0.2) is 6.36 Å². The van der Waals surface area contributed by atoms with E-state index in [1.165, 1.54) is 18.9 Å². The van der Waals surface area contributed by atoms with Gasteiger partial charge in [-0.1, -0.05) is 38.0 Å². The van der Waals surface area contributed by atoms with Gasteiger partial charge >= 0.3 is 6.36 Å². The molecular formula is C20H21F5O. The smallest absolute Gasteiger partial charge is 0.399 e. The van der Waals surface area contributed by atoms with Crippen molar-refractivity contribution in [3.05, 3.63) is 41.5 Å². The van der Waals surface area contributed by atoms with Gasteiger partial charge in [-0.25, -0.2) is 8.78 Å². The number of ether oxygens (including phenoxy) is 1. The normalized spacial score (nSPS) is 21.2. The first-order valence-electron chi connectivity index (χ1n) is 8.96. The van der Waals surface area contributed by atoms with E-state index in [-0.39, 0.29) is 10.8 Å². The van der Waals surface area contributed by atoms with Gasteiger partial charge in [0.05, 0.1) is 0 Å². The number of fused-ring (bicyclic) bond motifs is 1. The molecule has 0 radical (unpaired) electrons. The Bertz CT molecular complexity index is 776. The molecule has 0 heterocycles. The van der Waals surface area contributed by atoms with Crippen LogP contribution in [0.3, 0.4) is 0 Å². The molecule has 26 heavy (non-hydrogen) atoms. The van der Waals surface area contributed by atoms with Gasteiger partial charge in [0, 0.05) is 5.39 Å². The van der Waals surface area contributed by atoms with Crippen molar-refractivity contribution >= 4 is 10.8 Å². The van der Waals surface area contributed by atoms with Gasteiger partial charge in [0.15, 0.2) is 11.6 Å². The molecule has 0 aliphatic heterocycles. The maximum absolute atomic E-state index is 14.3. The molecule has 1 saturated carbocycles. The number of alkyl halides is 3. The van der Waals surface area contributed by atoms with E-state index in [9.17, 15) is 22.0 Å². The first kappa shape index (κ1) is 18.9. The van der Waals surface area contributed by atoms with Crippen LogP contribution in [0.5, 0.6) is 5.75 Å². The minimum Gasteiger partial charge on any atom is -0.399 e. The topological polar surface area (TPSA) is 9.23 Å². The third-order valence-corrected chi connectivity index (χ3v) is 5.24. The Morgan fingerprint density at radius 2 is 1.73 bits per heavy atom. The summed E-state index contributed by atoms with van der Waals surface area (Å²) < 4.78 is 68.8. The number of hydrogen-bond acceptors (Lipinski definition) is 1. The van der Waals surface area contributed by atoms with E-state index in [1.54, 1.807) is 12.1 Å². The summed E-state index contributed by atoms with van der Waals surface area (Å²) in [7, 11) is 0. The summed E-state index contributed by atoms with van der Waals surface area (Å²) in [6.45, 7) is 2.18. The molecule has 0 bridgehead atoms. The maximum Gasteiger partial charge on any atom is 0.573 e. The van der Waals surface area contributed by atoms with E-state index < -0.39 is 23.7 Å². The van der Waals surface area contributed by atoms with Crippen LogP contribution < -0.4 is 4.74 Å². The highest BCUT2D eigenvalue weighted by Gasteiger charge is 2.34. The molecule has 0 atom stereocenters. The highest BCUT2D eigenvalue weighted by molar-refractivity contribution is 5.85. The summed E-state index contributed by atoms with van der Waals surface area (Å²) in [5.41, 5.74) is 0.982. The molecule has 0 unspecified atom stereocenters. The van der Waals surface area contributed by atoms with Gasteiger partial charge in [-0.15, -0.1) is 13.2 Å². The van der Waals surface area contributed by atoms with Crippen molar-refractivity contribution in [1.29, 1.82) is 0 Å². The molecule has 1 aliphatic rings. The fourth-order valence-electron chi connectivity index (χ4n) is 3.99. The second kappa shape index (κ2) is 7.41. The van der Waals surface area contributed by atoms with E-state index >= 15 is 0 Å². The van der Waals surface area contributed by atoms with E-state index in [0.29, 0.717) is 5.92 Å². The lowest BCUT2D eigenvalue weighted by molar-refractivity contribution is -0.276. The lowest BCUT2D eigenvalue weighted by Gasteiger charge is -2.28. The van der Waals surface area contributed by atoms with E-state index in [2.05, 4.69) is 11.7 Å². The Labute approximate surface area is 149 Å². The molecule has 6 heteroatoms. The average Bonchev–Trinajstić information content (AvgIpc) is 2.58. The van der Waals surface area contributed by atoms with E-state index in [0.717, 1.165) is 43.2 Å². The summed E-state index contributed by atoms with van der Waals surface area (Å²) in [5, 5.41) is 0.178. The standard InChI is InChI=1S/C20H21F5O/c1-2-3-12-4-6-13(7-5-12)14-8-9-16-15(10-14)11-17(21)19(18(16)22)26-20(23,24)25/h8-13H,2-7H2,1H3. The molecular weight excluding hydrogens is 351 g/mol. The Hall–Kier alpha value is -1.85. The molecule has 0 amide bonds. The van der Waals surface area contributed by atoms with Crippen LogP contribution in [0, 0.1) is 17.6 Å². The van der Waals surface area contributed by atoms with Crippen LogP contribution in [0.25, 0.3) is 10.8 Å². The molecule has 3 rings (SSSR count). The predicted octanol–water partition coefficient (Wildman–Crippen LogP) is 7.09. The Morgan fingerprint density at radius 3 is 2.35 bits per heavy atom. The lowest BCUT2D eigenvalue weighted by atomic mass is 9.77. The summed E-state index contributed by atoms with van der Waals surface area (Å²) in [6.07, 6.45) is 1.57. The lowest BCUT2D eigenvalue weighted by Crippen LogP contribution is -2.19. The van der Waals surface area contributed by atoms with Gasteiger partial charge in [-0.05, 0) is 54.5 Å². The predicted molar refractivity (Wildman–Crippen MR) is 90.2 cm³/mol. The Kier molecular flexibility index (Phi) is 5.39. The first-order valence-corrected chi connectivity index (χ1v) is 8.96. The van der Waals surface area contributed by atoms with E-state index in [4.69, 9.17) is 0 Å². The number of rotatable bonds is 4. The molecule has 1 aliphatic carbocycles. The molecule has 1 fully saturated rings. The number of hydrogen-bond donors (Lipinski definition) is 0. The van der Waals surface area contributed by atoms with Crippen molar-refractivity contribution in [2.75, 3.05) is 0 Å². The van der Waals surface area contributed by atoms with Crippen LogP contribution in [-0.2, 0) is 0 Å². The van der Waals surface area contributed by atoms with Crippen molar-refractivity contribution in [1.82, 2.24) is 0 Å². The largest absolute Gasteiger partial charge is 0.573 e. The van der Waals surface area contributed by atoms with Gasteiger partial charge in [0.25, 0.3) is 0 Å². The third kappa shape index (κ3) is 4.10. The van der Waals surface area contributed by atoms with Crippen LogP contribution in [0.2, 0.25) is 0 Å². The van der Waals surface area contributed by atoms with Crippen molar-refractivity contribution in [2.24, 2.45) is 5.92 Å². The van der Waals surface area contributed by atoms with Crippen LogP contribution in [0.15, 0.2) is 24.3 Å². The molecule has 2 aromatic carbocycles. The summed E-state index contributed by atoms with van der Waals surface area (Å²) >= 11 is 0. The maximum atomic E-state index is 14.3. The van der Waals surface area contributed by atoms with Gasteiger partial charge in [-0.2, -0.15) is 0 Å². The van der Waals surface area contributed by atoms with Crippen LogP contribution in [0.4, 0.5) is 22.0 Å². The second-order valence-electron chi connectivity index (χ2n) is 7.04. The zero-order valence-electron chi connectivity index (χ0n) is 14.5. The molecule has 142 valence electrons. The molecule has 0 aromatic heterocycles. The Balaban J connectivity index is 1.87. The number of benzene rings is 2. The minimum atomic E-state index is -5.15. The summed E-state index contributed by atoms with van der Waals surface area (Å²) in [4.78, 5) is 0. The minimum absolute atomic E-state index is 0.0749. The summed E-state index contributed by atoms with van der Waals surface area (Å²) in [5.74, 6) is -3.01. The third-order valence-electron chi connectivity index (χ3n) is 5.24. The second-order valence-corrected chi connectivity index (χ2v) is 7.04. The number of halogens is 5. The SMILES string of the molecule is CCCC1CCC(c2ccc3c(F)c(OC(F)(F)F)c(F)cc3c2)CC1. The zero-order valence-corrected chi connectivity index (χ0v) is 14.5. The van der Waals surface area contributed by atoms with Crippen molar-refractivity contribution < 1.29 is 26.7 Å². The highest BCUT2D eigenvalue weighted by atomic mass is 19.4. The van der Waals surface area contributed by atoms with Crippen molar-refractivity contribution in [2.45, 2.75) is 57.7 Å². The molecule has 0 saturated heterocycles. The van der Waals surface area contributed by atoms with Gasteiger partial charge in [-0.3, -0.25) is 0 Å². The molecule has 1 nitrogen and oxygen atoms in total. The zero-order chi connectivity index (χ0) is 18.9. The van der Waals surface area contributed by atoms with E-state index in [1.807, 2.05) is 0 Å². The monoisotopic (exact) mass is 372 g/mol. The molecule has 0 spiro atoms. The highest BCUT2D eigenvalue weighted by Crippen LogP contribution is 2.40. The Morgan fingerprint density at radius 1 is 1.04 bits per heavy atom. The van der Waals surface area contributed by atoms with Crippen molar-refractivity contribution in [3.8, 4) is 5.75 Å². The van der Waals surface area contributed by atoms with Crippen LogP contribution in [0.1, 0.15) is 56.9 Å². The first-order chi connectivity index (χ1) is 12.3. The quantitative estimate of drug-likeness (QED) is 0.521. The fraction of sp³-hybridized carbons (Fsp3) is 0.500. The van der Waals surface area contributed by atoms with Gasteiger partial charge < -0.3 is 4.74 Å². The van der Waals surface area contributed by atoms with Gasteiger partial charge in [0.2, 0.25) is 5.75 Å². The molecule has 0 N–H and O–H groups in total.